The van der Waals surface area contributed by atoms with Gasteiger partial charge in [0.2, 0.25) is 6.04 Å². The summed E-state index contributed by atoms with van der Waals surface area (Å²) < 4.78 is 58.8. The van der Waals surface area contributed by atoms with Crippen LogP contribution in [-0.4, -0.2) is 47.9 Å². The molecule has 0 N–H and O–H groups in total. The van der Waals surface area contributed by atoms with Crippen molar-refractivity contribution in [1.29, 1.82) is 0 Å². The van der Waals surface area contributed by atoms with Gasteiger partial charge in [-0.1, -0.05) is 23.7 Å². The van der Waals surface area contributed by atoms with Gasteiger partial charge in [-0.3, -0.25) is 4.98 Å². The SMILES string of the molecule is C[N+]1(C(=O)Cc2ccc(F)cn2)C(c2ccc(Cl)cc2)COCC1C(F)(F)F. The summed E-state index contributed by atoms with van der Waals surface area (Å²) in [4.78, 5) is 16.9. The number of carbonyl (C=O) groups excluding carboxylic acids is 1. The third kappa shape index (κ3) is 4.04. The average Bonchev–Trinajstić information content (AvgIpc) is 2.63. The molecule has 3 rings (SSSR count). The summed E-state index contributed by atoms with van der Waals surface area (Å²) in [6.07, 6.45) is -4.07. The number of hydrogen-bond donors (Lipinski definition) is 0. The summed E-state index contributed by atoms with van der Waals surface area (Å²) in [6.45, 7) is -0.667. The fourth-order valence-corrected chi connectivity index (χ4v) is 3.62. The van der Waals surface area contributed by atoms with Crippen molar-refractivity contribution in [2.75, 3.05) is 20.3 Å². The monoisotopic (exact) mass is 417 g/mol. The van der Waals surface area contributed by atoms with Gasteiger partial charge in [-0.2, -0.15) is 13.2 Å². The molecule has 1 aromatic heterocycles. The van der Waals surface area contributed by atoms with E-state index in [1.807, 2.05) is 0 Å². The molecule has 0 saturated carbocycles. The van der Waals surface area contributed by atoms with Crippen LogP contribution in [0, 0.1) is 5.82 Å². The lowest BCUT2D eigenvalue weighted by Gasteiger charge is -2.48. The van der Waals surface area contributed by atoms with Crippen molar-refractivity contribution in [3.8, 4) is 0 Å². The normalized spacial score (nSPS) is 25.5. The van der Waals surface area contributed by atoms with Crippen LogP contribution in [0.25, 0.3) is 0 Å². The van der Waals surface area contributed by atoms with Crippen LogP contribution < -0.4 is 0 Å². The Morgan fingerprint density at radius 1 is 1.21 bits per heavy atom. The summed E-state index contributed by atoms with van der Waals surface area (Å²) in [5.41, 5.74) is 0.717. The smallest absolute Gasteiger partial charge is 0.368 e. The molecule has 28 heavy (non-hydrogen) atoms. The molecule has 9 heteroatoms. The number of morpholine rings is 1. The van der Waals surface area contributed by atoms with Gasteiger partial charge >= 0.3 is 12.1 Å². The Labute approximate surface area is 164 Å². The molecular weight excluding hydrogens is 400 g/mol. The molecule has 0 spiro atoms. The van der Waals surface area contributed by atoms with Crippen molar-refractivity contribution >= 4 is 17.5 Å². The van der Waals surface area contributed by atoms with Gasteiger partial charge in [0.05, 0.1) is 18.9 Å². The number of amides is 1. The van der Waals surface area contributed by atoms with Gasteiger partial charge < -0.3 is 4.74 Å². The molecule has 1 amide bonds. The molecule has 150 valence electrons. The average molecular weight is 418 g/mol. The molecule has 1 aromatic carbocycles. The molecule has 0 aliphatic carbocycles. The fourth-order valence-electron chi connectivity index (χ4n) is 3.49. The molecule has 2 aromatic rings. The molecule has 1 saturated heterocycles. The number of alkyl halides is 3. The van der Waals surface area contributed by atoms with E-state index in [0.29, 0.717) is 10.6 Å². The van der Waals surface area contributed by atoms with E-state index < -0.39 is 41.1 Å². The summed E-state index contributed by atoms with van der Waals surface area (Å²) >= 11 is 5.88. The number of nitrogens with zero attached hydrogens (tertiary/aromatic N) is 2. The highest BCUT2D eigenvalue weighted by Gasteiger charge is 2.61. The zero-order valence-corrected chi connectivity index (χ0v) is 15.7. The van der Waals surface area contributed by atoms with Crippen LogP contribution in [0.5, 0.6) is 0 Å². The minimum Gasteiger partial charge on any atom is -0.368 e. The van der Waals surface area contributed by atoms with Crippen LogP contribution in [0.1, 0.15) is 17.3 Å². The predicted octanol–water partition coefficient (Wildman–Crippen LogP) is 4.09. The molecule has 2 heterocycles. The lowest BCUT2D eigenvalue weighted by atomic mass is 9.97. The van der Waals surface area contributed by atoms with Crippen molar-refractivity contribution in [3.05, 3.63) is 64.7 Å². The summed E-state index contributed by atoms with van der Waals surface area (Å²) in [7, 11) is 1.27. The Bertz CT molecular complexity index is 843. The van der Waals surface area contributed by atoms with Gasteiger partial charge in [0.25, 0.3) is 0 Å². The van der Waals surface area contributed by atoms with Crippen LogP contribution >= 0.6 is 11.6 Å². The first-order chi connectivity index (χ1) is 13.1. The van der Waals surface area contributed by atoms with Gasteiger partial charge in [0.15, 0.2) is 0 Å². The Morgan fingerprint density at radius 2 is 1.89 bits per heavy atom. The number of likely N-dealkylation sites (N-methyl/N-ethyl adjacent to an activating group) is 1. The minimum atomic E-state index is -4.65. The fraction of sp³-hybridized carbons (Fsp3) is 0.368. The molecule has 3 atom stereocenters. The van der Waals surface area contributed by atoms with Crippen LogP contribution in [0.4, 0.5) is 17.6 Å². The molecule has 3 unspecified atom stereocenters. The number of halogens is 5. The van der Waals surface area contributed by atoms with E-state index in [0.717, 1.165) is 12.3 Å². The highest BCUT2D eigenvalue weighted by molar-refractivity contribution is 6.30. The molecule has 1 fully saturated rings. The van der Waals surface area contributed by atoms with E-state index in [-0.39, 0.29) is 18.7 Å². The second-order valence-corrected chi connectivity index (χ2v) is 7.28. The van der Waals surface area contributed by atoms with Crippen molar-refractivity contribution in [2.24, 2.45) is 0 Å². The second kappa shape index (κ2) is 7.77. The Balaban J connectivity index is 2.01. The van der Waals surface area contributed by atoms with E-state index >= 15 is 0 Å². The summed E-state index contributed by atoms with van der Waals surface area (Å²) in [5, 5.41) is 0.434. The molecule has 1 aliphatic rings. The van der Waals surface area contributed by atoms with Crippen molar-refractivity contribution < 1.29 is 31.6 Å². The maximum Gasteiger partial charge on any atom is 0.444 e. The molecule has 4 nitrogen and oxygen atoms in total. The summed E-state index contributed by atoms with van der Waals surface area (Å²) in [6, 6.07) is 5.81. The van der Waals surface area contributed by atoms with Gasteiger partial charge in [-0.15, -0.1) is 0 Å². The standard InChI is InChI=1S/C19H18ClF4N2O2/c1-26(18(27)8-15-7-6-14(21)9-25-15)16(12-2-4-13(20)5-3-12)10-28-11-17(26)19(22,23)24/h2-7,9,16-17H,8,10-11H2,1H3/q+1. The van der Waals surface area contributed by atoms with E-state index in [4.69, 9.17) is 16.3 Å². The number of benzene rings is 1. The van der Waals surface area contributed by atoms with Crippen LogP contribution in [0.3, 0.4) is 0 Å². The number of aromatic nitrogens is 1. The molecule has 0 bridgehead atoms. The number of quaternary nitrogens is 1. The lowest BCUT2D eigenvalue weighted by Crippen LogP contribution is -2.68. The van der Waals surface area contributed by atoms with E-state index in [1.165, 1.54) is 13.1 Å². The van der Waals surface area contributed by atoms with Crippen LogP contribution in [0.2, 0.25) is 5.02 Å². The van der Waals surface area contributed by atoms with E-state index in [2.05, 4.69) is 4.98 Å². The number of pyridine rings is 1. The first kappa shape index (κ1) is 20.7. The zero-order chi connectivity index (χ0) is 20.5. The number of hydrogen-bond acceptors (Lipinski definition) is 3. The predicted molar refractivity (Wildman–Crippen MR) is 93.9 cm³/mol. The van der Waals surface area contributed by atoms with Gasteiger partial charge in [-0.05, 0) is 24.3 Å². The third-order valence-electron chi connectivity index (χ3n) is 5.14. The van der Waals surface area contributed by atoms with Crippen molar-refractivity contribution in [2.45, 2.75) is 24.7 Å². The third-order valence-corrected chi connectivity index (χ3v) is 5.39. The topological polar surface area (TPSA) is 39.2 Å². The number of rotatable bonds is 3. The first-order valence-electron chi connectivity index (χ1n) is 8.52. The van der Waals surface area contributed by atoms with E-state index in [1.54, 1.807) is 24.3 Å². The van der Waals surface area contributed by atoms with Gasteiger partial charge in [-0.25, -0.2) is 13.7 Å². The largest absolute Gasteiger partial charge is 0.444 e. The van der Waals surface area contributed by atoms with Gasteiger partial charge in [0, 0.05) is 10.6 Å². The molecular formula is C19H18ClF4N2O2+. The molecule has 0 radical (unpaired) electrons. The second-order valence-electron chi connectivity index (χ2n) is 6.85. The van der Waals surface area contributed by atoms with Crippen molar-refractivity contribution in [3.63, 3.8) is 0 Å². The molecule has 1 aliphatic heterocycles. The highest BCUT2D eigenvalue weighted by Crippen LogP contribution is 2.41. The van der Waals surface area contributed by atoms with E-state index in [9.17, 15) is 22.4 Å². The maximum atomic E-state index is 13.8. The Morgan fingerprint density at radius 3 is 2.46 bits per heavy atom. The first-order valence-corrected chi connectivity index (χ1v) is 8.90. The maximum absolute atomic E-state index is 13.8. The lowest BCUT2D eigenvalue weighted by molar-refractivity contribution is -0.913. The van der Waals surface area contributed by atoms with Crippen molar-refractivity contribution in [1.82, 2.24) is 4.98 Å². The zero-order valence-electron chi connectivity index (χ0n) is 14.9. The van der Waals surface area contributed by atoms with Crippen LogP contribution in [0.15, 0.2) is 42.6 Å². The number of carbonyl (C=O) groups is 1. The highest BCUT2D eigenvalue weighted by atomic mass is 35.5. The Kier molecular flexibility index (Phi) is 5.74. The number of ether oxygens (including phenoxy) is 1. The quantitative estimate of drug-likeness (QED) is 0.557. The minimum absolute atomic E-state index is 0.0483. The van der Waals surface area contributed by atoms with Gasteiger partial charge in [0.1, 0.15) is 31.5 Å². The van der Waals surface area contributed by atoms with Crippen LogP contribution in [-0.2, 0) is 16.0 Å². The Hall–Kier alpha value is -2.03. The summed E-state index contributed by atoms with van der Waals surface area (Å²) in [5.74, 6) is -1.26.